The molecule has 2 heteroatoms. The number of unbranched alkanes of at least 4 members (excludes halogenated alkanes) is 9. The van der Waals surface area contributed by atoms with Crippen molar-refractivity contribution in [2.24, 2.45) is 5.73 Å². The lowest BCUT2D eigenvalue weighted by molar-refractivity contribution is 0.354. The Labute approximate surface area is 128 Å². The first-order valence-corrected chi connectivity index (χ1v) is 9.07. The van der Waals surface area contributed by atoms with Crippen molar-refractivity contribution in [1.29, 1.82) is 0 Å². The van der Waals surface area contributed by atoms with Crippen molar-refractivity contribution < 1.29 is 0 Å². The van der Waals surface area contributed by atoms with Crippen LogP contribution in [-0.4, -0.2) is 18.6 Å². The fourth-order valence-electron chi connectivity index (χ4n) is 2.82. The van der Waals surface area contributed by atoms with Crippen molar-refractivity contribution >= 4 is 0 Å². The van der Waals surface area contributed by atoms with Gasteiger partial charge in [0, 0.05) is 5.54 Å². The molecule has 0 rings (SSSR count). The molecule has 0 aliphatic carbocycles. The lowest BCUT2D eigenvalue weighted by atomic mass is 9.98. The van der Waals surface area contributed by atoms with Crippen molar-refractivity contribution in [2.75, 3.05) is 13.1 Å². The van der Waals surface area contributed by atoms with Gasteiger partial charge in [0.05, 0.1) is 0 Å². The van der Waals surface area contributed by atoms with E-state index in [2.05, 4.69) is 26.1 Å². The van der Waals surface area contributed by atoms with Crippen molar-refractivity contribution in [3.8, 4) is 0 Å². The largest absolute Gasteiger partial charge is 0.330 e. The molecule has 0 aromatic rings. The number of rotatable bonds is 15. The SMILES string of the molecule is CCCC(C)(C)NCCCCCCCCCCCCN. The summed E-state index contributed by atoms with van der Waals surface area (Å²) in [5.74, 6) is 0. The number of nitrogens with one attached hydrogen (secondary N) is 1. The summed E-state index contributed by atoms with van der Waals surface area (Å²) in [6.07, 6.45) is 16.3. The van der Waals surface area contributed by atoms with E-state index < -0.39 is 0 Å². The first-order valence-electron chi connectivity index (χ1n) is 9.07. The molecule has 20 heavy (non-hydrogen) atoms. The Kier molecular flexibility index (Phi) is 13.8. The van der Waals surface area contributed by atoms with Crippen LogP contribution in [0, 0.1) is 0 Å². The van der Waals surface area contributed by atoms with Crippen LogP contribution in [0.5, 0.6) is 0 Å². The van der Waals surface area contributed by atoms with E-state index in [4.69, 9.17) is 5.73 Å². The summed E-state index contributed by atoms with van der Waals surface area (Å²) in [5.41, 5.74) is 5.82. The van der Waals surface area contributed by atoms with Gasteiger partial charge in [0.25, 0.3) is 0 Å². The molecule has 122 valence electrons. The average Bonchev–Trinajstić information content (AvgIpc) is 2.40. The van der Waals surface area contributed by atoms with Gasteiger partial charge in [0.2, 0.25) is 0 Å². The maximum Gasteiger partial charge on any atom is 0.0125 e. The molecular formula is C18H40N2. The number of hydrogen-bond donors (Lipinski definition) is 2. The second-order valence-corrected chi connectivity index (χ2v) is 6.88. The zero-order chi connectivity index (χ0) is 15.1. The minimum atomic E-state index is 0.332. The Morgan fingerprint density at radius 3 is 1.65 bits per heavy atom. The van der Waals surface area contributed by atoms with Crippen LogP contribution in [0.1, 0.15) is 97.8 Å². The molecule has 0 saturated carbocycles. The van der Waals surface area contributed by atoms with Crippen molar-refractivity contribution in [1.82, 2.24) is 5.32 Å². The molecule has 0 aromatic heterocycles. The Balaban J connectivity index is 3.13. The zero-order valence-electron chi connectivity index (χ0n) is 14.5. The van der Waals surface area contributed by atoms with Crippen LogP contribution in [0.2, 0.25) is 0 Å². The zero-order valence-corrected chi connectivity index (χ0v) is 14.5. The first kappa shape index (κ1) is 19.9. The van der Waals surface area contributed by atoms with Gasteiger partial charge < -0.3 is 11.1 Å². The van der Waals surface area contributed by atoms with Crippen LogP contribution in [0.15, 0.2) is 0 Å². The van der Waals surface area contributed by atoms with E-state index in [0.29, 0.717) is 5.54 Å². The molecule has 0 heterocycles. The summed E-state index contributed by atoms with van der Waals surface area (Å²) in [4.78, 5) is 0. The third-order valence-corrected chi connectivity index (χ3v) is 4.11. The average molecular weight is 285 g/mol. The van der Waals surface area contributed by atoms with Gasteiger partial charge in [-0.1, -0.05) is 64.7 Å². The summed E-state index contributed by atoms with van der Waals surface area (Å²) in [7, 11) is 0. The smallest absolute Gasteiger partial charge is 0.0125 e. The summed E-state index contributed by atoms with van der Waals surface area (Å²) < 4.78 is 0. The standard InChI is InChI=1S/C18H40N2/c1-4-15-18(2,3)20-17-14-12-10-8-6-5-7-9-11-13-16-19/h20H,4-17,19H2,1-3H3. The molecule has 0 unspecified atom stereocenters. The highest BCUT2D eigenvalue weighted by Gasteiger charge is 2.14. The van der Waals surface area contributed by atoms with Crippen molar-refractivity contribution in [3.63, 3.8) is 0 Å². The Morgan fingerprint density at radius 1 is 0.750 bits per heavy atom. The van der Waals surface area contributed by atoms with Gasteiger partial charge in [0.1, 0.15) is 0 Å². The van der Waals surface area contributed by atoms with Gasteiger partial charge >= 0.3 is 0 Å². The fraction of sp³-hybridized carbons (Fsp3) is 1.00. The van der Waals surface area contributed by atoms with Crippen molar-refractivity contribution in [3.05, 3.63) is 0 Å². The van der Waals surface area contributed by atoms with Gasteiger partial charge in [-0.2, -0.15) is 0 Å². The van der Waals surface area contributed by atoms with Gasteiger partial charge in [-0.25, -0.2) is 0 Å². The molecule has 0 bridgehead atoms. The molecule has 0 radical (unpaired) electrons. The summed E-state index contributed by atoms with van der Waals surface area (Å²) in [5, 5.41) is 3.68. The molecule has 0 spiro atoms. The monoisotopic (exact) mass is 284 g/mol. The lowest BCUT2D eigenvalue weighted by Crippen LogP contribution is -2.39. The maximum absolute atomic E-state index is 5.49. The second kappa shape index (κ2) is 13.9. The van der Waals surface area contributed by atoms with E-state index in [-0.39, 0.29) is 0 Å². The minimum Gasteiger partial charge on any atom is -0.330 e. The predicted molar refractivity (Wildman–Crippen MR) is 92.2 cm³/mol. The van der Waals surface area contributed by atoms with Gasteiger partial charge in [0.15, 0.2) is 0 Å². The topological polar surface area (TPSA) is 38.0 Å². The van der Waals surface area contributed by atoms with E-state index in [0.717, 1.165) is 6.54 Å². The molecule has 0 saturated heterocycles. The van der Waals surface area contributed by atoms with Crippen LogP contribution < -0.4 is 11.1 Å². The summed E-state index contributed by atoms with van der Waals surface area (Å²) in [6.45, 7) is 8.96. The molecule has 0 atom stereocenters. The molecular weight excluding hydrogens is 244 g/mol. The van der Waals surface area contributed by atoms with Crippen LogP contribution in [0.25, 0.3) is 0 Å². The van der Waals surface area contributed by atoms with Crippen LogP contribution in [0.3, 0.4) is 0 Å². The maximum atomic E-state index is 5.49. The van der Waals surface area contributed by atoms with Gasteiger partial charge in [-0.05, 0) is 46.2 Å². The minimum absolute atomic E-state index is 0.332. The quantitative estimate of drug-likeness (QED) is 0.415. The summed E-state index contributed by atoms with van der Waals surface area (Å²) in [6, 6.07) is 0. The van der Waals surface area contributed by atoms with Crippen LogP contribution in [-0.2, 0) is 0 Å². The highest BCUT2D eigenvalue weighted by atomic mass is 14.9. The molecule has 0 aliphatic heterocycles. The Hall–Kier alpha value is -0.0800. The van der Waals surface area contributed by atoms with Crippen molar-refractivity contribution in [2.45, 2.75) is 103 Å². The number of nitrogens with two attached hydrogens (primary N) is 1. The van der Waals surface area contributed by atoms with E-state index in [9.17, 15) is 0 Å². The fourth-order valence-corrected chi connectivity index (χ4v) is 2.82. The highest BCUT2D eigenvalue weighted by Crippen LogP contribution is 2.12. The molecule has 0 amide bonds. The molecule has 0 fully saturated rings. The molecule has 0 aliphatic rings. The third-order valence-electron chi connectivity index (χ3n) is 4.11. The molecule has 0 aromatic carbocycles. The normalized spacial score (nSPS) is 12.0. The van der Waals surface area contributed by atoms with Crippen LogP contribution >= 0.6 is 0 Å². The van der Waals surface area contributed by atoms with Gasteiger partial charge in [-0.3, -0.25) is 0 Å². The van der Waals surface area contributed by atoms with E-state index in [1.807, 2.05) is 0 Å². The predicted octanol–water partition coefficient (Wildman–Crippen LogP) is 5.01. The van der Waals surface area contributed by atoms with E-state index in [1.165, 1.54) is 83.6 Å². The second-order valence-electron chi connectivity index (χ2n) is 6.88. The molecule has 3 N–H and O–H groups in total. The van der Waals surface area contributed by atoms with Gasteiger partial charge in [-0.15, -0.1) is 0 Å². The number of hydrogen-bond acceptors (Lipinski definition) is 2. The van der Waals surface area contributed by atoms with E-state index in [1.54, 1.807) is 0 Å². The third kappa shape index (κ3) is 14.3. The Bertz CT molecular complexity index is 190. The summed E-state index contributed by atoms with van der Waals surface area (Å²) >= 11 is 0. The molecule has 2 nitrogen and oxygen atoms in total. The Morgan fingerprint density at radius 2 is 1.20 bits per heavy atom. The highest BCUT2D eigenvalue weighted by molar-refractivity contribution is 4.76. The first-order chi connectivity index (χ1) is 9.62. The van der Waals surface area contributed by atoms with E-state index >= 15 is 0 Å². The van der Waals surface area contributed by atoms with Crippen LogP contribution in [0.4, 0.5) is 0 Å². The lowest BCUT2D eigenvalue weighted by Gasteiger charge is -2.25.